The maximum absolute atomic E-state index is 11.9. The van der Waals surface area contributed by atoms with Crippen LogP contribution in [0.3, 0.4) is 0 Å². The summed E-state index contributed by atoms with van der Waals surface area (Å²) in [6, 6.07) is 4.66. The zero-order valence-electron chi connectivity index (χ0n) is 9.17. The Kier molecular flexibility index (Phi) is 6.27. The van der Waals surface area contributed by atoms with Crippen LogP contribution in [0.5, 0.6) is 0 Å². The Bertz CT molecular complexity index is 401. The lowest BCUT2D eigenvalue weighted by Crippen LogP contribution is -2.39. The van der Waals surface area contributed by atoms with Crippen LogP contribution in [0.1, 0.15) is 10.4 Å². The molecule has 3 nitrogen and oxygen atoms in total. The van der Waals surface area contributed by atoms with E-state index in [4.69, 9.17) is 27.9 Å². The molecule has 0 aliphatic carbocycles. The summed E-state index contributed by atoms with van der Waals surface area (Å²) >= 11 is 15.0. The fourth-order valence-electron chi connectivity index (χ4n) is 1.26. The van der Waals surface area contributed by atoms with Gasteiger partial charge in [-0.05, 0) is 18.2 Å². The van der Waals surface area contributed by atoms with Crippen LogP contribution < -0.4 is 5.32 Å². The predicted octanol–water partition coefficient (Wildman–Crippen LogP) is 3.13. The highest BCUT2D eigenvalue weighted by atomic mass is 79.9. The predicted molar refractivity (Wildman–Crippen MR) is 73.4 cm³/mol. The number of ether oxygens (including phenoxy) is 1. The number of alkyl halides is 1. The van der Waals surface area contributed by atoms with Gasteiger partial charge in [-0.2, -0.15) is 0 Å². The molecule has 1 unspecified atom stereocenters. The van der Waals surface area contributed by atoms with Crippen molar-refractivity contribution in [1.29, 1.82) is 0 Å². The van der Waals surface area contributed by atoms with E-state index < -0.39 is 0 Å². The first-order valence-electron chi connectivity index (χ1n) is 4.89. The number of carbonyl (C=O) groups excluding carboxylic acids is 1. The van der Waals surface area contributed by atoms with Crippen LogP contribution in [-0.2, 0) is 4.74 Å². The van der Waals surface area contributed by atoms with Crippen LogP contribution in [0.4, 0.5) is 0 Å². The van der Waals surface area contributed by atoms with Gasteiger partial charge in [0.05, 0.1) is 23.2 Å². The summed E-state index contributed by atoms with van der Waals surface area (Å²) in [6.45, 7) is 0.433. The van der Waals surface area contributed by atoms with Crippen molar-refractivity contribution in [2.24, 2.45) is 0 Å². The van der Waals surface area contributed by atoms with Crippen LogP contribution in [-0.4, -0.2) is 31.0 Å². The van der Waals surface area contributed by atoms with Gasteiger partial charge in [0.2, 0.25) is 0 Å². The van der Waals surface area contributed by atoms with Gasteiger partial charge in [0, 0.05) is 17.5 Å². The third-order valence-electron chi connectivity index (χ3n) is 2.07. The molecule has 0 bridgehead atoms. The van der Waals surface area contributed by atoms with Gasteiger partial charge in [-0.1, -0.05) is 39.1 Å². The van der Waals surface area contributed by atoms with Crippen molar-refractivity contribution < 1.29 is 9.53 Å². The molecule has 0 fully saturated rings. The standard InChI is InChI=1S/C11H12BrCl2NO2/c1-17-6-8(5-12)15-11(16)9-3-2-7(13)4-10(9)14/h2-4,8H,5-6H2,1H3,(H,15,16). The molecule has 0 saturated heterocycles. The summed E-state index contributed by atoms with van der Waals surface area (Å²) < 4.78 is 4.98. The van der Waals surface area contributed by atoms with E-state index in [1.54, 1.807) is 19.2 Å². The Morgan fingerprint density at radius 1 is 1.53 bits per heavy atom. The summed E-state index contributed by atoms with van der Waals surface area (Å²) in [5, 5.41) is 4.25. The van der Waals surface area contributed by atoms with Crippen molar-refractivity contribution >= 4 is 45.0 Å². The van der Waals surface area contributed by atoms with E-state index >= 15 is 0 Å². The number of amides is 1. The summed E-state index contributed by atoms with van der Waals surface area (Å²) in [5.41, 5.74) is 0.401. The molecule has 0 radical (unpaired) electrons. The zero-order chi connectivity index (χ0) is 12.8. The number of halogens is 3. The fourth-order valence-corrected chi connectivity index (χ4v) is 2.11. The monoisotopic (exact) mass is 339 g/mol. The lowest BCUT2D eigenvalue weighted by Gasteiger charge is -2.15. The minimum atomic E-state index is -0.242. The summed E-state index contributed by atoms with van der Waals surface area (Å²) in [7, 11) is 1.58. The van der Waals surface area contributed by atoms with Crippen molar-refractivity contribution in [3.05, 3.63) is 33.8 Å². The highest BCUT2D eigenvalue weighted by molar-refractivity contribution is 9.09. The summed E-state index contributed by atoms with van der Waals surface area (Å²) in [4.78, 5) is 11.9. The molecule has 1 atom stereocenters. The van der Waals surface area contributed by atoms with E-state index in [-0.39, 0.29) is 11.9 Å². The number of benzene rings is 1. The van der Waals surface area contributed by atoms with E-state index in [1.165, 1.54) is 6.07 Å². The van der Waals surface area contributed by atoms with Crippen LogP contribution in [0, 0.1) is 0 Å². The topological polar surface area (TPSA) is 38.3 Å². The number of hydrogen-bond acceptors (Lipinski definition) is 2. The Hall–Kier alpha value is -0.290. The van der Waals surface area contributed by atoms with Gasteiger partial charge in [0.1, 0.15) is 0 Å². The third kappa shape index (κ3) is 4.47. The molecule has 0 saturated carbocycles. The second-order valence-electron chi connectivity index (χ2n) is 3.40. The molecule has 0 heterocycles. The minimum absolute atomic E-state index is 0.0979. The van der Waals surface area contributed by atoms with Gasteiger partial charge in [0.25, 0.3) is 5.91 Å². The van der Waals surface area contributed by atoms with Crippen LogP contribution in [0.15, 0.2) is 18.2 Å². The largest absolute Gasteiger partial charge is 0.383 e. The van der Waals surface area contributed by atoms with Crippen molar-refractivity contribution in [2.75, 3.05) is 19.0 Å². The van der Waals surface area contributed by atoms with Gasteiger partial charge in [-0.25, -0.2) is 0 Å². The van der Waals surface area contributed by atoms with Crippen molar-refractivity contribution in [2.45, 2.75) is 6.04 Å². The van der Waals surface area contributed by atoms with Crippen LogP contribution in [0.2, 0.25) is 10.0 Å². The number of methoxy groups -OCH3 is 1. The highest BCUT2D eigenvalue weighted by Crippen LogP contribution is 2.20. The Balaban J connectivity index is 2.75. The SMILES string of the molecule is COCC(CBr)NC(=O)c1ccc(Cl)cc1Cl. The lowest BCUT2D eigenvalue weighted by atomic mass is 10.2. The van der Waals surface area contributed by atoms with Gasteiger partial charge in [-0.3, -0.25) is 4.79 Å². The zero-order valence-corrected chi connectivity index (χ0v) is 12.3. The van der Waals surface area contributed by atoms with E-state index in [2.05, 4.69) is 21.2 Å². The molecule has 0 spiro atoms. The number of carbonyl (C=O) groups is 1. The molecular weight excluding hydrogens is 329 g/mol. The van der Waals surface area contributed by atoms with Crippen LogP contribution >= 0.6 is 39.1 Å². The number of nitrogens with one attached hydrogen (secondary N) is 1. The maximum atomic E-state index is 11.9. The Morgan fingerprint density at radius 3 is 2.76 bits per heavy atom. The highest BCUT2D eigenvalue weighted by Gasteiger charge is 2.15. The molecule has 0 aliphatic heterocycles. The Labute approximate surface area is 119 Å². The quantitative estimate of drug-likeness (QED) is 0.836. The molecule has 1 aromatic carbocycles. The molecule has 1 amide bonds. The molecule has 1 rings (SSSR count). The first-order chi connectivity index (χ1) is 8.08. The van der Waals surface area contributed by atoms with E-state index in [0.717, 1.165) is 0 Å². The Morgan fingerprint density at radius 2 is 2.24 bits per heavy atom. The minimum Gasteiger partial charge on any atom is -0.383 e. The fraction of sp³-hybridized carbons (Fsp3) is 0.364. The number of hydrogen-bond donors (Lipinski definition) is 1. The molecule has 0 aromatic heterocycles. The molecule has 94 valence electrons. The van der Waals surface area contributed by atoms with Crippen molar-refractivity contribution in [1.82, 2.24) is 5.32 Å². The smallest absolute Gasteiger partial charge is 0.253 e. The van der Waals surface area contributed by atoms with Crippen molar-refractivity contribution in [3.8, 4) is 0 Å². The second kappa shape index (κ2) is 7.21. The third-order valence-corrected chi connectivity index (χ3v) is 3.39. The first kappa shape index (κ1) is 14.8. The summed E-state index contributed by atoms with van der Waals surface area (Å²) in [5.74, 6) is -0.242. The number of rotatable bonds is 5. The second-order valence-corrected chi connectivity index (χ2v) is 4.90. The van der Waals surface area contributed by atoms with E-state index in [0.29, 0.717) is 27.5 Å². The van der Waals surface area contributed by atoms with E-state index in [9.17, 15) is 4.79 Å². The summed E-state index contributed by atoms with van der Waals surface area (Å²) in [6.07, 6.45) is 0. The first-order valence-corrected chi connectivity index (χ1v) is 6.77. The maximum Gasteiger partial charge on any atom is 0.253 e. The van der Waals surface area contributed by atoms with Gasteiger partial charge in [-0.15, -0.1) is 0 Å². The lowest BCUT2D eigenvalue weighted by molar-refractivity contribution is 0.0908. The molecule has 1 N–H and O–H groups in total. The molecule has 1 aromatic rings. The molecule has 17 heavy (non-hydrogen) atoms. The molecular formula is C11H12BrCl2NO2. The van der Waals surface area contributed by atoms with Gasteiger partial charge < -0.3 is 10.1 Å². The molecule has 0 aliphatic rings. The van der Waals surface area contributed by atoms with E-state index in [1.807, 2.05) is 0 Å². The molecule has 6 heteroatoms. The van der Waals surface area contributed by atoms with Crippen molar-refractivity contribution in [3.63, 3.8) is 0 Å². The van der Waals surface area contributed by atoms with Gasteiger partial charge in [0.15, 0.2) is 0 Å². The normalized spacial score (nSPS) is 12.2. The average Bonchev–Trinajstić information content (AvgIpc) is 2.28. The van der Waals surface area contributed by atoms with Crippen LogP contribution in [0.25, 0.3) is 0 Å². The average molecular weight is 341 g/mol. The van der Waals surface area contributed by atoms with Gasteiger partial charge >= 0.3 is 0 Å².